The van der Waals surface area contributed by atoms with Crippen LogP contribution in [0.15, 0.2) is 41.3 Å². The van der Waals surface area contributed by atoms with Crippen LogP contribution in [0, 0.1) is 5.82 Å². The van der Waals surface area contributed by atoms with Gasteiger partial charge in [-0.3, -0.25) is 4.31 Å². The quantitative estimate of drug-likeness (QED) is 0.845. The first-order valence-corrected chi connectivity index (χ1v) is 8.71. The number of hydrogen-bond acceptors (Lipinski definition) is 4. The van der Waals surface area contributed by atoms with E-state index in [0.29, 0.717) is 36.7 Å². The summed E-state index contributed by atoms with van der Waals surface area (Å²) in [6, 6.07) is 9.08. The summed E-state index contributed by atoms with van der Waals surface area (Å²) >= 11 is 0. The maximum atomic E-state index is 14.1. The third-order valence-corrected chi connectivity index (χ3v) is 5.80. The van der Waals surface area contributed by atoms with Crippen molar-refractivity contribution in [3.8, 4) is 11.5 Å². The molecule has 5 nitrogen and oxygen atoms in total. The van der Waals surface area contributed by atoms with Crippen molar-refractivity contribution >= 4 is 15.7 Å². The molecule has 0 fully saturated rings. The van der Waals surface area contributed by atoms with E-state index in [9.17, 15) is 12.8 Å². The largest absolute Gasteiger partial charge is 0.486 e. The topological polar surface area (TPSA) is 55.8 Å². The first-order valence-electron chi connectivity index (χ1n) is 7.27. The summed E-state index contributed by atoms with van der Waals surface area (Å²) in [6.45, 7) is 1.04. The Bertz CT molecular complexity index is 882. The predicted molar refractivity (Wildman–Crippen MR) is 82.1 cm³/mol. The third kappa shape index (κ3) is 2.23. The summed E-state index contributed by atoms with van der Waals surface area (Å²) in [5, 5.41) is 0. The van der Waals surface area contributed by atoms with Crippen molar-refractivity contribution in [3.63, 3.8) is 0 Å². The molecule has 0 aromatic heterocycles. The number of anilines is 1. The number of rotatable bonds is 2. The van der Waals surface area contributed by atoms with Gasteiger partial charge in [0.15, 0.2) is 11.5 Å². The van der Waals surface area contributed by atoms with Crippen molar-refractivity contribution in [2.75, 3.05) is 24.1 Å². The van der Waals surface area contributed by atoms with Gasteiger partial charge in [-0.05, 0) is 30.2 Å². The van der Waals surface area contributed by atoms with Gasteiger partial charge >= 0.3 is 0 Å². The fourth-order valence-electron chi connectivity index (χ4n) is 2.93. The smallest absolute Gasteiger partial charge is 0.264 e. The standard InChI is InChI=1S/C16H14FNO4S/c17-13-3-1-2-11-6-7-18(16(11)13)23(19,20)12-4-5-14-15(10-12)22-9-8-21-14/h1-5,10H,6-9H2. The Kier molecular flexibility index (Phi) is 3.19. The van der Waals surface area contributed by atoms with Gasteiger partial charge in [-0.15, -0.1) is 0 Å². The molecule has 0 saturated heterocycles. The summed E-state index contributed by atoms with van der Waals surface area (Å²) in [6.07, 6.45) is 0.497. The lowest BCUT2D eigenvalue weighted by Gasteiger charge is -2.22. The second-order valence-corrected chi connectivity index (χ2v) is 7.24. The lowest BCUT2D eigenvalue weighted by atomic mass is 10.2. The van der Waals surface area contributed by atoms with Crippen LogP contribution in [0.4, 0.5) is 10.1 Å². The van der Waals surface area contributed by atoms with Gasteiger partial charge in [0.05, 0.1) is 10.6 Å². The van der Waals surface area contributed by atoms with Crippen LogP contribution in [0.2, 0.25) is 0 Å². The lowest BCUT2D eigenvalue weighted by Crippen LogP contribution is -2.30. The first-order chi connectivity index (χ1) is 11.1. The highest BCUT2D eigenvalue weighted by atomic mass is 32.2. The summed E-state index contributed by atoms with van der Waals surface area (Å²) in [7, 11) is -3.85. The Morgan fingerprint density at radius 2 is 1.83 bits per heavy atom. The Balaban J connectivity index is 1.78. The maximum Gasteiger partial charge on any atom is 0.264 e. The fraction of sp³-hybridized carbons (Fsp3) is 0.250. The van der Waals surface area contributed by atoms with Gasteiger partial charge in [0.1, 0.15) is 19.0 Å². The van der Waals surface area contributed by atoms with E-state index in [2.05, 4.69) is 0 Å². The molecule has 0 saturated carbocycles. The van der Waals surface area contributed by atoms with Gasteiger partial charge < -0.3 is 9.47 Å². The molecule has 0 radical (unpaired) electrons. The van der Waals surface area contributed by atoms with E-state index in [1.165, 1.54) is 18.2 Å². The van der Waals surface area contributed by atoms with Crippen molar-refractivity contribution in [2.45, 2.75) is 11.3 Å². The molecule has 2 aromatic carbocycles. The van der Waals surface area contributed by atoms with Crippen LogP contribution >= 0.6 is 0 Å². The first kappa shape index (κ1) is 14.3. The number of para-hydroxylation sites is 1. The van der Waals surface area contributed by atoms with Gasteiger partial charge in [-0.1, -0.05) is 12.1 Å². The number of nitrogens with zero attached hydrogens (tertiary/aromatic N) is 1. The highest BCUT2D eigenvalue weighted by molar-refractivity contribution is 7.92. The maximum absolute atomic E-state index is 14.1. The molecule has 0 spiro atoms. The molecule has 7 heteroatoms. The second kappa shape index (κ2) is 5.13. The summed E-state index contributed by atoms with van der Waals surface area (Å²) < 4.78 is 51.9. The molecule has 0 amide bonds. The zero-order valence-electron chi connectivity index (χ0n) is 12.2. The molecule has 0 unspecified atom stereocenters. The number of ether oxygens (including phenoxy) is 2. The zero-order valence-corrected chi connectivity index (χ0v) is 13.0. The Hall–Kier alpha value is -2.28. The SMILES string of the molecule is O=S(=O)(c1ccc2c(c1)OCCO2)N1CCc2cccc(F)c21. The van der Waals surface area contributed by atoms with Crippen molar-refractivity contribution < 1.29 is 22.3 Å². The molecule has 2 aliphatic rings. The van der Waals surface area contributed by atoms with Crippen LogP contribution in [-0.4, -0.2) is 28.2 Å². The van der Waals surface area contributed by atoms with E-state index < -0.39 is 15.8 Å². The van der Waals surface area contributed by atoms with Crippen molar-refractivity contribution in [1.29, 1.82) is 0 Å². The Labute approximate surface area is 133 Å². The minimum Gasteiger partial charge on any atom is -0.486 e. The number of sulfonamides is 1. The average Bonchev–Trinajstić information content (AvgIpc) is 3.00. The van der Waals surface area contributed by atoms with Gasteiger partial charge in [0.2, 0.25) is 0 Å². The van der Waals surface area contributed by atoms with E-state index in [0.717, 1.165) is 4.31 Å². The number of hydrogen-bond donors (Lipinski definition) is 0. The van der Waals surface area contributed by atoms with Crippen LogP contribution in [0.1, 0.15) is 5.56 Å². The molecule has 0 atom stereocenters. The van der Waals surface area contributed by atoms with Crippen molar-refractivity contribution in [1.82, 2.24) is 0 Å². The van der Waals surface area contributed by atoms with Crippen LogP contribution in [0.25, 0.3) is 0 Å². The predicted octanol–water partition coefficient (Wildman–Crippen LogP) is 2.35. The molecule has 0 N–H and O–H groups in total. The molecule has 2 aliphatic heterocycles. The summed E-state index contributed by atoms with van der Waals surface area (Å²) in [5.41, 5.74) is 0.841. The summed E-state index contributed by atoms with van der Waals surface area (Å²) in [4.78, 5) is 0.0675. The van der Waals surface area contributed by atoms with E-state index in [4.69, 9.17) is 9.47 Å². The molecular formula is C16H14FNO4S. The van der Waals surface area contributed by atoms with Crippen molar-refractivity contribution in [3.05, 3.63) is 47.8 Å². The monoisotopic (exact) mass is 335 g/mol. The summed E-state index contributed by atoms with van der Waals surface area (Å²) in [5.74, 6) is 0.384. The molecule has 2 heterocycles. The molecule has 120 valence electrons. The third-order valence-electron chi connectivity index (χ3n) is 4.01. The molecule has 0 aliphatic carbocycles. The number of fused-ring (bicyclic) bond motifs is 2. The minimum atomic E-state index is -3.85. The van der Waals surface area contributed by atoms with E-state index in [-0.39, 0.29) is 17.1 Å². The van der Waals surface area contributed by atoms with Gasteiger partial charge in [0.25, 0.3) is 10.0 Å². The molecule has 23 heavy (non-hydrogen) atoms. The van der Waals surface area contributed by atoms with E-state index in [1.54, 1.807) is 18.2 Å². The Morgan fingerprint density at radius 3 is 2.65 bits per heavy atom. The lowest BCUT2D eigenvalue weighted by molar-refractivity contribution is 0.171. The van der Waals surface area contributed by atoms with Crippen LogP contribution in [-0.2, 0) is 16.4 Å². The van der Waals surface area contributed by atoms with Gasteiger partial charge in [0, 0.05) is 12.6 Å². The molecule has 4 rings (SSSR count). The number of halogens is 1. The van der Waals surface area contributed by atoms with Gasteiger partial charge in [-0.2, -0.15) is 0 Å². The molecule has 2 aromatic rings. The zero-order chi connectivity index (χ0) is 16.0. The highest BCUT2D eigenvalue weighted by Crippen LogP contribution is 2.38. The van der Waals surface area contributed by atoms with Crippen LogP contribution < -0.4 is 13.8 Å². The van der Waals surface area contributed by atoms with E-state index in [1.807, 2.05) is 0 Å². The normalized spacial score (nSPS) is 16.3. The second-order valence-electron chi connectivity index (χ2n) is 5.38. The van der Waals surface area contributed by atoms with Crippen molar-refractivity contribution in [2.24, 2.45) is 0 Å². The van der Waals surface area contributed by atoms with E-state index >= 15 is 0 Å². The Morgan fingerprint density at radius 1 is 1.04 bits per heavy atom. The van der Waals surface area contributed by atoms with Crippen LogP contribution in [0.5, 0.6) is 11.5 Å². The average molecular weight is 335 g/mol. The molecular weight excluding hydrogens is 321 g/mol. The molecule has 0 bridgehead atoms. The number of benzene rings is 2. The highest BCUT2D eigenvalue weighted by Gasteiger charge is 2.33. The van der Waals surface area contributed by atoms with Gasteiger partial charge in [-0.25, -0.2) is 12.8 Å². The minimum absolute atomic E-state index is 0.0675. The fourth-order valence-corrected chi connectivity index (χ4v) is 4.45. The van der Waals surface area contributed by atoms with Crippen LogP contribution in [0.3, 0.4) is 0 Å².